The molecule has 1 atom stereocenters. The summed E-state index contributed by atoms with van der Waals surface area (Å²) in [5, 5.41) is 0. The number of carbonyl (C=O) groups is 1. The van der Waals surface area contributed by atoms with Crippen LogP contribution in [0.4, 0.5) is 0 Å². The van der Waals surface area contributed by atoms with Gasteiger partial charge in [-0.1, -0.05) is 13.3 Å². The normalized spacial score (nSPS) is 23.3. The molecule has 0 aromatic carbocycles. The predicted molar refractivity (Wildman–Crippen MR) is 38.5 cm³/mol. The van der Waals surface area contributed by atoms with Gasteiger partial charge < -0.3 is 4.74 Å². The number of carbonyl (C=O) groups excluding carboxylic acids is 1. The summed E-state index contributed by atoms with van der Waals surface area (Å²) in [7, 11) is 0. The fraction of sp³-hybridized carbons (Fsp3) is 0.625. The van der Waals surface area contributed by atoms with Gasteiger partial charge in [-0.05, 0) is 18.9 Å². The van der Waals surface area contributed by atoms with Gasteiger partial charge in [-0.15, -0.1) is 0 Å². The molecule has 0 saturated carbocycles. The first-order valence-corrected chi connectivity index (χ1v) is 3.71. The smallest absolute Gasteiger partial charge is 0.331 e. The van der Waals surface area contributed by atoms with Crippen molar-refractivity contribution in [1.29, 1.82) is 0 Å². The summed E-state index contributed by atoms with van der Waals surface area (Å²) >= 11 is 0. The SMILES string of the molecule is CCCC[C@@H]1C=CC(=O)O1. The van der Waals surface area contributed by atoms with Crippen molar-refractivity contribution < 1.29 is 9.53 Å². The third-order valence-electron chi connectivity index (χ3n) is 1.56. The summed E-state index contributed by atoms with van der Waals surface area (Å²) in [5.74, 6) is -0.193. The van der Waals surface area contributed by atoms with Crippen LogP contribution in [0.5, 0.6) is 0 Å². The van der Waals surface area contributed by atoms with Crippen molar-refractivity contribution in [3.8, 4) is 0 Å². The van der Waals surface area contributed by atoms with E-state index in [9.17, 15) is 4.79 Å². The Bertz CT molecular complexity index is 149. The Morgan fingerprint density at radius 3 is 3.00 bits per heavy atom. The standard InChI is InChI=1S/C8H12O2/c1-2-3-4-7-5-6-8(9)10-7/h5-7H,2-4H2,1H3/t7-/m1/s1. The molecule has 1 heterocycles. The molecule has 0 radical (unpaired) electrons. The van der Waals surface area contributed by atoms with Gasteiger partial charge >= 0.3 is 5.97 Å². The zero-order valence-electron chi connectivity index (χ0n) is 6.17. The van der Waals surface area contributed by atoms with Crippen LogP contribution in [0.3, 0.4) is 0 Å². The van der Waals surface area contributed by atoms with Crippen LogP contribution in [0.2, 0.25) is 0 Å². The molecular weight excluding hydrogens is 128 g/mol. The summed E-state index contributed by atoms with van der Waals surface area (Å²) in [6.45, 7) is 2.13. The summed E-state index contributed by atoms with van der Waals surface area (Å²) < 4.78 is 4.91. The lowest BCUT2D eigenvalue weighted by molar-refractivity contribution is -0.138. The van der Waals surface area contributed by atoms with E-state index in [1.165, 1.54) is 6.08 Å². The topological polar surface area (TPSA) is 26.3 Å². The molecule has 0 saturated heterocycles. The van der Waals surface area contributed by atoms with Gasteiger partial charge in [0.1, 0.15) is 6.10 Å². The van der Waals surface area contributed by atoms with E-state index in [0.717, 1.165) is 19.3 Å². The van der Waals surface area contributed by atoms with E-state index >= 15 is 0 Å². The molecule has 1 rings (SSSR count). The van der Waals surface area contributed by atoms with Crippen molar-refractivity contribution in [2.24, 2.45) is 0 Å². The van der Waals surface area contributed by atoms with Crippen molar-refractivity contribution in [2.45, 2.75) is 32.3 Å². The summed E-state index contributed by atoms with van der Waals surface area (Å²) in [6, 6.07) is 0. The van der Waals surface area contributed by atoms with Crippen molar-refractivity contribution in [3.05, 3.63) is 12.2 Å². The van der Waals surface area contributed by atoms with Gasteiger partial charge in [0.2, 0.25) is 0 Å². The van der Waals surface area contributed by atoms with E-state index in [4.69, 9.17) is 4.74 Å². The largest absolute Gasteiger partial charge is 0.455 e. The van der Waals surface area contributed by atoms with Crippen LogP contribution >= 0.6 is 0 Å². The Labute approximate surface area is 60.9 Å². The molecule has 2 heteroatoms. The lowest BCUT2D eigenvalue weighted by atomic mass is 10.2. The van der Waals surface area contributed by atoms with Gasteiger partial charge in [0, 0.05) is 6.08 Å². The van der Waals surface area contributed by atoms with Gasteiger partial charge in [-0.3, -0.25) is 0 Å². The molecule has 10 heavy (non-hydrogen) atoms. The first kappa shape index (κ1) is 7.32. The van der Waals surface area contributed by atoms with Gasteiger partial charge in [0.15, 0.2) is 0 Å². The highest BCUT2D eigenvalue weighted by molar-refractivity contribution is 5.84. The van der Waals surface area contributed by atoms with Gasteiger partial charge in [0.25, 0.3) is 0 Å². The maximum Gasteiger partial charge on any atom is 0.331 e. The maximum atomic E-state index is 10.5. The first-order valence-electron chi connectivity index (χ1n) is 3.71. The molecule has 56 valence electrons. The highest BCUT2D eigenvalue weighted by Crippen LogP contribution is 2.11. The van der Waals surface area contributed by atoms with E-state index in [1.54, 1.807) is 0 Å². The van der Waals surface area contributed by atoms with Gasteiger partial charge in [-0.2, -0.15) is 0 Å². The third-order valence-corrected chi connectivity index (χ3v) is 1.56. The molecule has 0 aliphatic carbocycles. The Morgan fingerprint density at radius 1 is 1.70 bits per heavy atom. The molecule has 0 fully saturated rings. The second-order valence-corrected chi connectivity index (χ2v) is 2.48. The van der Waals surface area contributed by atoms with Crippen LogP contribution in [-0.4, -0.2) is 12.1 Å². The fourth-order valence-corrected chi connectivity index (χ4v) is 0.974. The number of cyclic esters (lactones) is 1. The summed E-state index contributed by atoms with van der Waals surface area (Å²) in [5.41, 5.74) is 0. The number of hydrogen-bond acceptors (Lipinski definition) is 2. The monoisotopic (exact) mass is 140 g/mol. The van der Waals surface area contributed by atoms with Crippen LogP contribution in [0.25, 0.3) is 0 Å². The molecule has 0 N–H and O–H groups in total. The Kier molecular flexibility index (Phi) is 2.49. The lowest BCUT2D eigenvalue weighted by Crippen LogP contribution is -2.06. The minimum absolute atomic E-state index is 0.0625. The van der Waals surface area contributed by atoms with Crippen molar-refractivity contribution in [3.63, 3.8) is 0 Å². The fourth-order valence-electron chi connectivity index (χ4n) is 0.974. The van der Waals surface area contributed by atoms with Crippen molar-refractivity contribution in [1.82, 2.24) is 0 Å². The first-order chi connectivity index (χ1) is 4.83. The minimum atomic E-state index is -0.193. The number of rotatable bonds is 3. The third kappa shape index (κ3) is 1.87. The van der Waals surface area contributed by atoms with Gasteiger partial charge in [0.05, 0.1) is 0 Å². The molecule has 0 bridgehead atoms. The molecule has 1 aliphatic rings. The van der Waals surface area contributed by atoms with E-state index in [0.29, 0.717) is 0 Å². The van der Waals surface area contributed by atoms with Gasteiger partial charge in [-0.25, -0.2) is 4.79 Å². The number of unbranched alkanes of at least 4 members (excludes halogenated alkanes) is 1. The molecule has 0 amide bonds. The predicted octanol–water partition coefficient (Wildman–Crippen LogP) is 1.66. The van der Waals surface area contributed by atoms with Crippen molar-refractivity contribution >= 4 is 5.97 Å². The molecule has 0 spiro atoms. The zero-order valence-corrected chi connectivity index (χ0v) is 6.17. The lowest BCUT2D eigenvalue weighted by Gasteiger charge is -2.05. The molecular formula is C8H12O2. The van der Waals surface area contributed by atoms with Crippen LogP contribution in [0, 0.1) is 0 Å². The molecule has 0 aromatic rings. The van der Waals surface area contributed by atoms with Crippen LogP contribution in [-0.2, 0) is 9.53 Å². The number of hydrogen-bond donors (Lipinski definition) is 0. The maximum absolute atomic E-state index is 10.5. The van der Waals surface area contributed by atoms with E-state index < -0.39 is 0 Å². The average molecular weight is 140 g/mol. The molecule has 1 aliphatic heterocycles. The quantitative estimate of drug-likeness (QED) is 0.557. The summed E-state index contributed by atoms with van der Waals surface area (Å²) in [6.07, 6.45) is 6.65. The second kappa shape index (κ2) is 3.40. The van der Waals surface area contributed by atoms with Crippen LogP contribution < -0.4 is 0 Å². The second-order valence-electron chi connectivity index (χ2n) is 2.48. The number of esters is 1. The van der Waals surface area contributed by atoms with Crippen molar-refractivity contribution in [2.75, 3.05) is 0 Å². The minimum Gasteiger partial charge on any atom is -0.455 e. The summed E-state index contributed by atoms with van der Waals surface area (Å²) in [4.78, 5) is 10.5. The van der Waals surface area contributed by atoms with Crippen LogP contribution in [0.15, 0.2) is 12.2 Å². The molecule has 2 nitrogen and oxygen atoms in total. The average Bonchev–Trinajstić information content (AvgIpc) is 2.31. The van der Waals surface area contributed by atoms with E-state index in [1.807, 2.05) is 6.08 Å². The molecule has 0 unspecified atom stereocenters. The van der Waals surface area contributed by atoms with Crippen LogP contribution in [0.1, 0.15) is 26.2 Å². The van der Waals surface area contributed by atoms with E-state index in [2.05, 4.69) is 6.92 Å². The Balaban J connectivity index is 2.20. The Hall–Kier alpha value is -0.790. The highest BCUT2D eigenvalue weighted by Gasteiger charge is 2.14. The highest BCUT2D eigenvalue weighted by atomic mass is 16.5. The zero-order chi connectivity index (χ0) is 7.40. The Morgan fingerprint density at radius 2 is 2.50 bits per heavy atom. The number of ether oxygens (including phenoxy) is 1. The van der Waals surface area contributed by atoms with E-state index in [-0.39, 0.29) is 12.1 Å². The molecule has 0 aromatic heterocycles.